The predicted octanol–water partition coefficient (Wildman–Crippen LogP) is 3.70. The summed E-state index contributed by atoms with van der Waals surface area (Å²) in [6, 6.07) is 0. The average molecular weight is 538 g/mol. The largest absolute Gasteiger partial charge is 0.396 e. The fourth-order valence-corrected chi connectivity index (χ4v) is 10.0. The molecule has 0 spiro atoms. The molecule has 0 aromatic rings. The van der Waals surface area contributed by atoms with Gasteiger partial charge in [0.15, 0.2) is 0 Å². The summed E-state index contributed by atoms with van der Waals surface area (Å²) in [5.74, 6) is 3.54. The second-order valence-corrected chi connectivity index (χ2v) is 13.6. The summed E-state index contributed by atoms with van der Waals surface area (Å²) in [6.07, 6.45) is 11.9. The van der Waals surface area contributed by atoms with Crippen LogP contribution in [-0.4, -0.2) is 69.5 Å². The Bertz CT molecular complexity index is 727. The molecule has 0 bridgehead atoms. The van der Waals surface area contributed by atoms with E-state index in [1.165, 1.54) is 19.3 Å². The zero-order valence-electron chi connectivity index (χ0n) is 24.6. The zero-order chi connectivity index (χ0) is 27.3. The summed E-state index contributed by atoms with van der Waals surface area (Å²) >= 11 is 0. The Morgan fingerprint density at radius 3 is 2.32 bits per heavy atom. The fraction of sp³-hybridized carbons (Fsp3) is 1.00. The van der Waals surface area contributed by atoms with Crippen molar-refractivity contribution in [2.75, 3.05) is 46.1 Å². The zero-order valence-corrected chi connectivity index (χ0v) is 24.6. The molecule has 7 N–H and O–H groups in total. The molecule has 38 heavy (non-hydrogen) atoms. The molecule has 4 aliphatic carbocycles. The van der Waals surface area contributed by atoms with Crippen LogP contribution in [0.4, 0.5) is 0 Å². The number of nitrogens with two attached hydrogens (primary N) is 3. The van der Waals surface area contributed by atoms with Gasteiger partial charge in [0.05, 0.1) is 31.5 Å². The van der Waals surface area contributed by atoms with Gasteiger partial charge >= 0.3 is 0 Å². The fourth-order valence-electron chi connectivity index (χ4n) is 10.0. The van der Waals surface area contributed by atoms with Gasteiger partial charge < -0.3 is 36.5 Å². The summed E-state index contributed by atoms with van der Waals surface area (Å²) in [5.41, 5.74) is 18.0. The molecule has 5 unspecified atom stereocenters. The van der Waals surface area contributed by atoms with Gasteiger partial charge in [0.25, 0.3) is 0 Å². The molecule has 7 heteroatoms. The maximum absolute atomic E-state index is 9.54. The van der Waals surface area contributed by atoms with Gasteiger partial charge in [-0.1, -0.05) is 20.8 Å². The minimum absolute atomic E-state index is 0.116. The molecular formula is C31H59N3O4. The van der Waals surface area contributed by atoms with Gasteiger partial charge in [0.2, 0.25) is 0 Å². The molecule has 0 radical (unpaired) electrons. The number of hydrogen-bond donors (Lipinski definition) is 4. The molecule has 4 fully saturated rings. The van der Waals surface area contributed by atoms with Crippen molar-refractivity contribution in [3.05, 3.63) is 0 Å². The Morgan fingerprint density at radius 2 is 1.61 bits per heavy atom. The first-order valence-corrected chi connectivity index (χ1v) is 15.9. The van der Waals surface area contributed by atoms with E-state index in [2.05, 4.69) is 20.8 Å². The Morgan fingerprint density at radius 1 is 0.842 bits per heavy atom. The summed E-state index contributed by atoms with van der Waals surface area (Å²) in [4.78, 5) is 0. The quantitative estimate of drug-likeness (QED) is 0.249. The van der Waals surface area contributed by atoms with Crippen molar-refractivity contribution in [1.82, 2.24) is 0 Å². The van der Waals surface area contributed by atoms with Crippen LogP contribution in [0, 0.1) is 46.3 Å². The Balaban J connectivity index is 1.66. The third kappa shape index (κ3) is 5.86. The first-order chi connectivity index (χ1) is 18.3. The number of aliphatic hydroxyl groups is 1. The highest BCUT2D eigenvalue weighted by Crippen LogP contribution is 2.69. The van der Waals surface area contributed by atoms with Gasteiger partial charge in [-0.25, -0.2) is 0 Å². The van der Waals surface area contributed by atoms with Crippen LogP contribution in [0.25, 0.3) is 0 Å². The van der Waals surface area contributed by atoms with Crippen LogP contribution in [0.3, 0.4) is 0 Å². The van der Waals surface area contributed by atoms with Crippen LogP contribution in [0.15, 0.2) is 0 Å². The first kappa shape index (κ1) is 30.7. The van der Waals surface area contributed by atoms with E-state index in [0.29, 0.717) is 74.5 Å². The highest BCUT2D eigenvalue weighted by Gasteiger charge is 2.66. The van der Waals surface area contributed by atoms with Gasteiger partial charge in [-0.3, -0.25) is 0 Å². The molecule has 0 aromatic heterocycles. The molecule has 0 saturated heterocycles. The minimum Gasteiger partial charge on any atom is -0.396 e. The lowest BCUT2D eigenvalue weighted by molar-refractivity contribution is -0.227. The molecule has 4 saturated carbocycles. The molecule has 11 atom stereocenters. The van der Waals surface area contributed by atoms with Gasteiger partial charge in [-0.15, -0.1) is 0 Å². The summed E-state index contributed by atoms with van der Waals surface area (Å²) in [6.45, 7) is 11.7. The summed E-state index contributed by atoms with van der Waals surface area (Å²) in [5, 5.41) is 9.54. The average Bonchev–Trinajstić information content (AvgIpc) is 3.27. The second kappa shape index (κ2) is 13.6. The van der Waals surface area contributed by atoms with E-state index in [4.69, 9.17) is 31.4 Å². The normalized spacial score (nSPS) is 43.3. The van der Waals surface area contributed by atoms with E-state index >= 15 is 0 Å². The molecular weight excluding hydrogens is 478 g/mol. The molecule has 0 aromatic carbocycles. The molecule has 0 amide bonds. The highest BCUT2D eigenvalue weighted by molar-refractivity contribution is 5.15. The van der Waals surface area contributed by atoms with E-state index in [9.17, 15) is 5.11 Å². The van der Waals surface area contributed by atoms with Gasteiger partial charge in [-0.05, 0) is 112 Å². The number of rotatable bonds is 14. The van der Waals surface area contributed by atoms with Crippen molar-refractivity contribution in [2.24, 2.45) is 63.5 Å². The van der Waals surface area contributed by atoms with Crippen molar-refractivity contribution in [3.8, 4) is 0 Å². The molecule has 7 nitrogen and oxygen atoms in total. The van der Waals surface area contributed by atoms with E-state index in [-0.39, 0.29) is 29.6 Å². The molecule has 222 valence electrons. The van der Waals surface area contributed by atoms with E-state index in [0.717, 1.165) is 51.6 Å². The second-order valence-electron chi connectivity index (χ2n) is 13.6. The van der Waals surface area contributed by atoms with Crippen molar-refractivity contribution >= 4 is 0 Å². The Kier molecular flexibility index (Phi) is 11.0. The Hall–Kier alpha value is -0.280. The smallest absolute Gasteiger partial charge is 0.0637 e. The molecule has 4 aliphatic rings. The lowest BCUT2D eigenvalue weighted by atomic mass is 9.43. The monoisotopic (exact) mass is 537 g/mol. The van der Waals surface area contributed by atoms with Crippen LogP contribution < -0.4 is 17.2 Å². The van der Waals surface area contributed by atoms with Gasteiger partial charge in [-0.2, -0.15) is 0 Å². The van der Waals surface area contributed by atoms with Gasteiger partial charge in [0, 0.05) is 31.7 Å². The summed E-state index contributed by atoms with van der Waals surface area (Å²) < 4.78 is 19.7. The van der Waals surface area contributed by atoms with Crippen molar-refractivity contribution in [3.63, 3.8) is 0 Å². The van der Waals surface area contributed by atoms with Crippen LogP contribution in [0.1, 0.15) is 85.0 Å². The summed E-state index contributed by atoms with van der Waals surface area (Å²) in [7, 11) is 0. The van der Waals surface area contributed by atoms with Gasteiger partial charge in [0.1, 0.15) is 0 Å². The molecule has 0 heterocycles. The van der Waals surface area contributed by atoms with Crippen molar-refractivity contribution in [1.29, 1.82) is 0 Å². The lowest BCUT2D eigenvalue weighted by Gasteiger charge is -2.65. The topological polar surface area (TPSA) is 126 Å². The predicted molar refractivity (Wildman–Crippen MR) is 152 cm³/mol. The standard InChI is InChI=1S/C31H59N3O4/c1-21(6-4-14-35)24-7-8-25-29-26(20-28(31(24,25)3)38-17-13-34)30(2)10-9-23(36-16-12-33)18-22(30)19-27(29)37-15-5-11-32/h21-29,35H,4-20,32-34H2,1-3H3/t21-,22?,23-,24?,25+,26+,27-,28+,29?,30?,31?/m1/s1. The van der Waals surface area contributed by atoms with Crippen LogP contribution in [-0.2, 0) is 14.2 Å². The lowest BCUT2D eigenvalue weighted by Crippen LogP contribution is -2.63. The number of aliphatic hydroxyl groups excluding tert-OH is 1. The minimum atomic E-state index is 0.116. The van der Waals surface area contributed by atoms with E-state index < -0.39 is 0 Å². The third-order valence-corrected chi connectivity index (χ3v) is 11.8. The van der Waals surface area contributed by atoms with E-state index in [1.54, 1.807) is 0 Å². The highest BCUT2D eigenvalue weighted by atomic mass is 16.5. The van der Waals surface area contributed by atoms with Crippen LogP contribution >= 0.6 is 0 Å². The Labute approximate surface area is 232 Å². The van der Waals surface area contributed by atoms with Crippen molar-refractivity contribution < 1.29 is 19.3 Å². The molecule has 4 rings (SSSR count). The van der Waals surface area contributed by atoms with Crippen molar-refractivity contribution in [2.45, 2.75) is 103 Å². The SMILES string of the molecule is C[C@H](CCCO)C1CC[C@H]2C3[C@H](OCCCN)CC4C[C@H](OCCN)CCC4(C)[C@H]3C[C@H](OCCN)C12C. The maximum atomic E-state index is 9.54. The number of hydrogen-bond acceptors (Lipinski definition) is 7. The van der Waals surface area contributed by atoms with E-state index in [1.807, 2.05) is 0 Å². The number of fused-ring (bicyclic) bond motifs is 5. The molecule has 0 aliphatic heterocycles. The number of ether oxygens (including phenoxy) is 3. The first-order valence-electron chi connectivity index (χ1n) is 15.9. The van der Waals surface area contributed by atoms with Crippen LogP contribution in [0.5, 0.6) is 0 Å². The third-order valence-electron chi connectivity index (χ3n) is 11.8. The van der Waals surface area contributed by atoms with Crippen LogP contribution in [0.2, 0.25) is 0 Å². The maximum Gasteiger partial charge on any atom is 0.0637 e.